The predicted octanol–water partition coefficient (Wildman–Crippen LogP) is 16.4. The largest absolute Gasteiger partial charge is 0.497 e. The smallest absolute Gasteiger partial charge is 0.119 e. The van der Waals surface area contributed by atoms with Crippen molar-refractivity contribution in [3.63, 3.8) is 0 Å². The summed E-state index contributed by atoms with van der Waals surface area (Å²) in [4.78, 5) is 6.87. The summed E-state index contributed by atoms with van der Waals surface area (Å²) < 4.78 is 9.32. The van der Waals surface area contributed by atoms with E-state index in [1.165, 1.54) is 22.3 Å². The molecule has 55 heavy (non-hydrogen) atoms. The highest BCUT2D eigenvalue weighted by molar-refractivity contribution is 9.11. The maximum atomic E-state index is 5.61. The number of halogens is 4. The number of hydrogen-bond acceptors (Lipinski definition) is 4. The van der Waals surface area contributed by atoms with E-state index in [0.29, 0.717) is 0 Å². The lowest BCUT2D eigenvalue weighted by atomic mass is 10.1. The Kier molecular flexibility index (Phi) is 11.9. The molecule has 8 heteroatoms. The summed E-state index contributed by atoms with van der Waals surface area (Å²) in [5.74, 6) is 0.782. The van der Waals surface area contributed by atoms with Gasteiger partial charge in [-0.25, -0.2) is 0 Å². The van der Waals surface area contributed by atoms with E-state index >= 15 is 0 Å². The van der Waals surface area contributed by atoms with Crippen molar-refractivity contribution in [1.82, 2.24) is 0 Å². The van der Waals surface area contributed by atoms with Gasteiger partial charge in [0.2, 0.25) is 0 Å². The minimum absolute atomic E-state index is 0.782. The second-order valence-electron chi connectivity index (χ2n) is 13.6. The first-order valence-corrected chi connectivity index (χ1v) is 21.0. The van der Waals surface area contributed by atoms with Crippen molar-refractivity contribution in [2.45, 2.75) is 27.7 Å². The van der Waals surface area contributed by atoms with Gasteiger partial charge in [0.25, 0.3) is 0 Å². The Morgan fingerprint density at radius 1 is 0.327 bits per heavy atom. The molecular weight excluding hydrogens is 942 g/mol. The monoisotopic (exact) mass is 977 g/mol. The van der Waals surface area contributed by atoms with Gasteiger partial charge in [-0.05, 0) is 188 Å². The molecule has 0 heterocycles. The van der Waals surface area contributed by atoms with Gasteiger partial charge in [0.1, 0.15) is 5.75 Å². The first-order valence-electron chi connectivity index (χ1n) is 17.8. The summed E-state index contributed by atoms with van der Waals surface area (Å²) in [6.07, 6.45) is 0. The number of aryl methyl sites for hydroxylation is 4. The number of rotatable bonds is 10. The lowest BCUT2D eigenvalue weighted by Gasteiger charge is -2.33. The van der Waals surface area contributed by atoms with Crippen molar-refractivity contribution in [2.75, 3.05) is 21.8 Å². The SMILES string of the molecule is COc1ccc(N(c2cc(N(c3ccc(C)cc3)c3ccc(C)cc3)c(Br)cc2Br)c2cc(N(c3ccc(C)cc3)c3ccc(C)cc3)c(Br)cc2Br)cc1. The molecular formula is C47H39Br4N3O. The van der Waals surface area contributed by atoms with Crippen LogP contribution >= 0.6 is 63.7 Å². The number of nitrogens with zero attached hydrogens (tertiary/aromatic N) is 3. The van der Waals surface area contributed by atoms with Crippen LogP contribution in [0, 0.1) is 27.7 Å². The van der Waals surface area contributed by atoms with Gasteiger partial charge in [0.05, 0.1) is 29.9 Å². The lowest BCUT2D eigenvalue weighted by molar-refractivity contribution is 0.415. The molecule has 0 amide bonds. The van der Waals surface area contributed by atoms with Crippen LogP contribution in [0.25, 0.3) is 0 Å². The lowest BCUT2D eigenvalue weighted by Crippen LogP contribution is -2.16. The molecule has 0 aliphatic heterocycles. The van der Waals surface area contributed by atoms with Gasteiger partial charge in [-0.15, -0.1) is 0 Å². The first kappa shape index (κ1) is 38.9. The van der Waals surface area contributed by atoms with Crippen LogP contribution in [0.1, 0.15) is 22.3 Å². The maximum absolute atomic E-state index is 5.61. The molecule has 0 aromatic heterocycles. The first-order chi connectivity index (χ1) is 26.5. The third-order valence-corrected chi connectivity index (χ3v) is 12.0. The average Bonchev–Trinajstić information content (AvgIpc) is 3.18. The van der Waals surface area contributed by atoms with E-state index < -0.39 is 0 Å². The quantitative estimate of drug-likeness (QED) is 0.136. The zero-order valence-corrected chi connectivity index (χ0v) is 37.5. The molecule has 0 bridgehead atoms. The van der Waals surface area contributed by atoms with E-state index in [1.807, 2.05) is 12.1 Å². The van der Waals surface area contributed by atoms with Gasteiger partial charge in [0.15, 0.2) is 0 Å². The van der Waals surface area contributed by atoms with E-state index in [4.69, 9.17) is 4.74 Å². The maximum Gasteiger partial charge on any atom is 0.119 e. The Labute approximate surface area is 357 Å². The molecule has 0 saturated carbocycles. The molecule has 0 spiro atoms. The number of methoxy groups -OCH3 is 1. The van der Waals surface area contributed by atoms with Crippen molar-refractivity contribution < 1.29 is 4.74 Å². The Balaban J connectivity index is 1.48. The molecule has 4 nitrogen and oxygen atoms in total. The topological polar surface area (TPSA) is 19.0 Å². The van der Waals surface area contributed by atoms with E-state index in [-0.39, 0.29) is 0 Å². The molecule has 0 aliphatic rings. The molecule has 7 aromatic rings. The summed E-state index contributed by atoms with van der Waals surface area (Å²) >= 11 is 16.0. The molecule has 7 rings (SSSR count). The third-order valence-electron chi connectivity index (χ3n) is 9.50. The fourth-order valence-electron chi connectivity index (χ4n) is 6.51. The van der Waals surface area contributed by atoms with Gasteiger partial charge in [-0.3, -0.25) is 0 Å². The molecule has 7 aromatic carbocycles. The van der Waals surface area contributed by atoms with Crippen LogP contribution in [0.5, 0.6) is 5.75 Å². The summed E-state index contributed by atoms with van der Waals surface area (Å²) in [6.45, 7) is 8.46. The zero-order valence-electron chi connectivity index (χ0n) is 31.1. The Morgan fingerprint density at radius 2 is 0.564 bits per heavy atom. The molecule has 0 saturated heterocycles. The summed E-state index contributed by atoms with van der Waals surface area (Å²) in [6, 6.07) is 51.6. The van der Waals surface area contributed by atoms with Crippen LogP contribution in [0.4, 0.5) is 51.2 Å². The molecule has 0 radical (unpaired) electrons. The fraction of sp³-hybridized carbons (Fsp3) is 0.106. The number of anilines is 9. The Morgan fingerprint density at radius 3 is 0.836 bits per heavy atom. The van der Waals surface area contributed by atoms with Crippen molar-refractivity contribution in [3.05, 3.63) is 186 Å². The summed E-state index contributed by atoms with van der Waals surface area (Å²) in [5, 5.41) is 0. The molecule has 0 N–H and O–H groups in total. The predicted molar refractivity (Wildman–Crippen MR) is 247 cm³/mol. The second-order valence-corrected chi connectivity index (χ2v) is 17.0. The Bertz CT molecular complexity index is 2190. The molecule has 0 atom stereocenters. The highest BCUT2D eigenvalue weighted by Crippen LogP contribution is 2.51. The van der Waals surface area contributed by atoms with Crippen LogP contribution in [-0.4, -0.2) is 7.11 Å². The standard InChI is InChI=1S/C47H39Br4N3O/c1-30-6-14-34(15-7-30)52(35-16-8-31(2)9-17-35)44-28-46(42(50)26-40(44)48)54(38-22-24-39(55-5)25-23-38)47-29-45(41(49)27-43(47)51)53(36-18-10-32(3)11-19-36)37-20-12-33(4)13-21-37/h6-29H,1-5H3. The van der Waals surface area contributed by atoms with Gasteiger partial charge in [0, 0.05) is 46.3 Å². The van der Waals surface area contributed by atoms with Crippen molar-refractivity contribution >= 4 is 115 Å². The third kappa shape index (κ3) is 8.43. The number of ether oxygens (including phenoxy) is 1. The normalized spacial score (nSPS) is 11.0. The van der Waals surface area contributed by atoms with Crippen LogP contribution < -0.4 is 19.4 Å². The number of benzene rings is 7. The van der Waals surface area contributed by atoms with Crippen LogP contribution in [0.15, 0.2) is 163 Å². The van der Waals surface area contributed by atoms with Crippen molar-refractivity contribution in [3.8, 4) is 5.75 Å². The molecule has 0 fully saturated rings. The highest BCUT2D eigenvalue weighted by atomic mass is 79.9. The van der Waals surface area contributed by atoms with E-state index in [0.717, 1.165) is 74.8 Å². The molecule has 276 valence electrons. The van der Waals surface area contributed by atoms with E-state index in [2.05, 4.69) is 240 Å². The van der Waals surface area contributed by atoms with E-state index in [9.17, 15) is 0 Å². The Hall–Kier alpha value is -4.34. The van der Waals surface area contributed by atoms with Gasteiger partial charge in [-0.1, -0.05) is 70.8 Å². The zero-order chi connectivity index (χ0) is 38.8. The van der Waals surface area contributed by atoms with Crippen LogP contribution in [-0.2, 0) is 0 Å². The van der Waals surface area contributed by atoms with Gasteiger partial charge >= 0.3 is 0 Å². The summed E-state index contributed by atoms with van der Waals surface area (Å²) in [5.41, 5.74) is 13.8. The van der Waals surface area contributed by atoms with Gasteiger partial charge in [-0.2, -0.15) is 0 Å². The average molecular weight is 981 g/mol. The minimum atomic E-state index is 0.782. The molecule has 0 unspecified atom stereocenters. The second kappa shape index (κ2) is 16.8. The molecule has 0 aliphatic carbocycles. The van der Waals surface area contributed by atoms with Crippen LogP contribution in [0.2, 0.25) is 0 Å². The fourth-order valence-corrected chi connectivity index (χ4v) is 9.20. The minimum Gasteiger partial charge on any atom is -0.497 e. The van der Waals surface area contributed by atoms with Crippen LogP contribution in [0.3, 0.4) is 0 Å². The van der Waals surface area contributed by atoms with E-state index in [1.54, 1.807) is 7.11 Å². The van der Waals surface area contributed by atoms with Crippen molar-refractivity contribution in [1.29, 1.82) is 0 Å². The van der Waals surface area contributed by atoms with Gasteiger partial charge < -0.3 is 19.4 Å². The number of hydrogen-bond donors (Lipinski definition) is 0. The highest BCUT2D eigenvalue weighted by Gasteiger charge is 2.26. The van der Waals surface area contributed by atoms with Crippen molar-refractivity contribution in [2.24, 2.45) is 0 Å². The summed E-state index contributed by atoms with van der Waals surface area (Å²) in [7, 11) is 1.69.